The molecule has 0 radical (unpaired) electrons. The van der Waals surface area contributed by atoms with Gasteiger partial charge in [-0.25, -0.2) is 0 Å². The van der Waals surface area contributed by atoms with E-state index in [4.69, 9.17) is 0 Å². The molecule has 3 heterocycles. The summed E-state index contributed by atoms with van der Waals surface area (Å²) in [5.74, 6) is 2.56. The Kier molecular flexibility index (Phi) is 5.29. The molecule has 3 rings (SSSR count). The van der Waals surface area contributed by atoms with Crippen molar-refractivity contribution in [2.75, 3.05) is 18.8 Å². The lowest BCUT2D eigenvalue weighted by atomic mass is 9.97. The molecule has 22 heavy (non-hydrogen) atoms. The first-order valence-electron chi connectivity index (χ1n) is 7.73. The number of hydrogen-bond donors (Lipinski definition) is 1. The number of hydrogen-bond acceptors (Lipinski definition) is 5. The highest BCUT2D eigenvalue weighted by molar-refractivity contribution is 7.99. The fourth-order valence-corrected chi connectivity index (χ4v) is 3.64. The molecule has 1 fully saturated rings. The van der Waals surface area contributed by atoms with Crippen molar-refractivity contribution >= 4 is 11.8 Å². The van der Waals surface area contributed by atoms with Crippen molar-refractivity contribution in [2.24, 2.45) is 0 Å². The zero-order valence-corrected chi connectivity index (χ0v) is 13.5. The monoisotopic (exact) mass is 318 g/mol. The maximum absolute atomic E-state index is 4.47. The quantitative estimate of drug-likeness (QED) is 0.624. The van der Waals surface area contributed by atoms with Crippen LogP contribution in [0.25, 0.3) is 0 Å². The molecule has 1 aliphatic rings. The zero-order chi connectivity index (χ0) is 15.2. The molecule has 2 aromatic heterocycles. The van der Waals surface area contributed by atoms with Gasteiger partial charge >= 0.3 is 0 Å². The van der Waals surface area contributed by atoms with E-state index in [1.54, 1.807) is 18.0 Å². The predicted molar refractivity (Wildman–Crippen MR) is 88.0 cm³/mol. The normalized spacial score (nSPS) is 16.0. The largest absolute Gasteiger partial charge is 0.317 e. The Morgan fingerprint density at radius 3 is 2.95 bits per heavy atom. The number of nitrogens with zero attached hydrogens (tertiary/aromatic N) is 5. The van der Waals surface area contributed by atoms with E-state index in [2.05, 4.69) is 31.8 Å². The van der Waals surface area contributed by atoms with Crippen LogP contribution in [0.4, 0.5) is 0 Å². The maximum atomic E-state index is 4.47. The van der Waals surface area contributed by atoms with E-state index >= 15 is 0 Å². The SMILES string of the molecule is C=CCn1c(SCCn2cccn2)nnc1C1CCNCC1. The molecular formula is C15H22N6S. The minimum atomic E-state index is 0.508. The van der Waals surface area contributed by atoms with E-state index in [9.17, 15) is 0 Å². The number of aryl methyl sites for hydroxylation is 1. The molecule has 0 spiro atoms. The van der Waals surface area contributed by atoms with Crippen LogP contribution in [-0.4, -0.2) is 43.4 Å². The van der Waals surface area contributed by atoms with Crippen molar-refractivity contribution in [3.8, 4) is 0 Å². The minimum Gasteiger partial charge on any atom is -0.317 e. The van der Waals surface area contributed by atoms with Crippen molar-refractivity contribution in [1.29, 1.82) is 0 Å². The molecular weight excluding hydrogens is 296 g/mol. The Morgan fingerprint density at radius 2 is 2.23 bits per heavy atom. The van der Waals surface area contributed by atoms with Crippen LogP contribution in [0.3, 0.4) is 0 Å². The second kappa shape index (κ2) is 7.60. The lowest BCUT2D eigenvalue weighted by molar-refractivity contribution is 0.431. The zero-order valence-electron chi connectivity index (χ0n) is 12.7. The van der Waals surface area contributed by atoms with Gasteiger partial charge in [-0.15, -0.1) is 16.8 Å². The van der Waals surface area contributed by atoms with E-state index in [1.165, 1.54) is 0 Å². The van der Waals surface area contributed by atoms with Gasteiger partial charge in [0.25, 0.3) is 0 Å². The summed E-state index contributed by atoms with van der Waals surface area (Å²) in [6.07, 6.45) is 7.97. The highest BCUT2D eigenvalue weighted by Gasteiger charge is 2.22. The topological polar surface area (TPSA) is 60.6 Å². The minimum absolute atomic E-state index is 0.508. The molecule has 1 aliphatic heterocycles. The molecule has 1 saturated heterocycles. The maximum Gasteiger partial charge on any atom is 0.191 e. The predicted octanol–water partition coefficient (Wildman–Crippen LogP) is 1.92. The average molecular weight is 318 g/mol. The van der Waals surface area contributed by atoms with Crippen molar-refractivity contribution in [2.45, 2.75) is 37.0 Å². The molecule has 0 atom stereocenters. The molecule has 0 aromatic carbocycles. The van der Waals surface area contributed by atoms with Crippen LogP contribution in [0.1, 0.15) is 24.6 Å². The van der Waals surface area contributed by atoms with Crippen molar-refractivity contribution < 1.29 is 0 Å². The summed E-state index contributed by atoms with van der Waals surface area (Å²) in [5, 5.41) is 17.5. The van der Waals surface area contributed by atoms with Crippen molar-refractivity contribution in [1.82, 2.24) is 29.9 Å². The van der Waals surface area contributed by atoms with Crippen LogP contribution in [0.2, 0.25) is 0 Å². The van der Waals surface area contributed by atoms with Crippen molar-refractivity contribution in [3.05, 3.63) is 36.9 Å². The van der Waals surface area contributed by atoms with Gasteiger partial charge in [0.2, 0.25) is 0 Å². The number of allylic oxidation sites excluding steroid dienone is 1. The van der Waals surface area contributed by atoms with Crippen molar-refractivity contribution in [3.63, 3.8) is 0 Å². The Hall–Kier alpha value is -1.60. The van der Waals surface area contributed by atoms with E-state index < -0.39 is 0 Å². The van der Waals surface area contributed by atoms with E-state index in [0.29, 0.717) is 5.92 Å². The summed E-state index contributed by atoms with van der Waals surface area (Å²) in [6.45, 7) is 7.65. The third kappa shape index (κ3) is 3.59. The van der Waals surface area contributed by atoms with Crippen LogP contribution in [0.5, 0.6) is 0 Å². The lowest BCUT2D eigenvalue weighted by Crippen LogP contribution is -2.28. The fourth-order valence-electron chi connectivity index (χ4n) is 2.75. The van der Waals surface area contributed by atoms with Crippen LogP contribution >= 0.6 is 11.8 Å². The van der Waals surface area contributed by atoms with Gasteiger partial charge in [0, 0.05) is 30.6 Å². The summed E-state index contributed by atoms with van der Waals surface area (Å²) in [6, 6.07) is 1.94. The van der Waals surface area contributed by atoms with Gasteiger partial charge in [-0.2, -0.15) is 5.10 Å². The smallest absolute Gasteiger partial charge is 0.191 e. The summed E-state index contributed by atoms with van der Waals surface area (Å²) < 4.78 is 4.16. The summed E-state index contributed by atoms with van der Waals surface area (Å²) in [7, 11) is 0. The van der Waals surface area contributed by atoms with Gasteiger partial charge in [-0.1, -0.05) is 17.8 Å². The number of rotatable bonds is 7. The molecule has 118 valence electrons. The molecule has 1 N–H and O–H groups in total. The summed E-state index contributed by atoms with van der Waals surface area (Å²) in [5.41, 5.74) is 0. The molecule has 0 unspecified atom stereocenters. The highest BCUT2D eigenvalue weighted by atomic mass is 32.2. The third-order valence-corrected chi connectivity index (χ3v) is 4.82. The fraction of sp³-hybridized carbons (Fsp3) is 0.533. The molecule has 6 nitrogen and oxygen atoms in total. The van der Waals surface area contributed by atoms with Gasteiger partial charge < -0.3 is 9.88 Å². The molecule has 0 bridgehead atoms. The number of piperidine rings is 1. The second-order valence-corrected chi connectivity index (χ2v) is 6.44. The Labute approximate surface area is 135 Å². The second-order valence-electron chi connectivity index (χ2n) is 5.38. The Balaban J connectivity index is 1.67. The van der Waals surface area contributed by atoms with Gasteiger partial charge in [0.1, 0.15) is 5.82 Å². The number of thioether (sulfide) groups is 1. The molecule has 2 aromatic rings. The van der Waals surface area contributed by atoms with Gasteiger partial charge in [-0.3, -0.25) is 4.68 Å². The van der Waals surface area contributed by atoms with Crippen LogP contribution in [-0.2, 0) is 13.1 Å². The summed E-state index contributed by atoms with van der Waals surface area (Å²) in [4.78, 5) is 0. The van der Waals surface area contributed by atoms with Crippen LogP contribution in [0.15, 0.2) is 36.3 Å². The number of nitrogens with one attached hydrogen (secondary N) is 1. The first-order chi connectivity index (χ1) is 10.9. The highest BCUT2D eigenvalue weighted by Crippen LogP contribution is 2.27. The van der Waals surface area contributed by atoms with Gasteiger partial charge in [0.15, 0.2) is 5.16 Å². The summed E-state index contributed by atoms with van der Waals surface area (Å²) >= 11 is 1.74. The average Bonchev–Trinajstić information content (AvgIpc) is 3.19. The van der Waals surface area contributed by atoms with E-state index in [1.807, 2.05) is 23.0 Å². The van der Waals surface area contributed by atoms with Crippen LogP contribution in [0, 0.1) is 0 Å². The standard InChI is InChI=1S/C15H22N6S/c1-2-9-21-14(13-4-7-16-8-5-13)18-19-15(21)22-12-11-20-10-3-6-17-20/h2-3,6,10,13,16H,1,4-5,7-9,11-12H2. The van der Waals surface area contributed by atoms with E-state index in [-0.39, 0.29) is 0 Å². The van der Waals surface area contributed by atoms with Crippen LogP contribution < -0.4 is 5.32 Å². The molecule has 0 amide bonds. The third-order valence-electron chi connectivity index (χ3n) is 3.87. The first kappa shape index (κ1) is 15.3. The Morgan fingerprint density at radius 1 is 1.36 bits per heavy atom. The van der Waals surface area contributed by atoms with Gasteiger partial charge in [0.05, 0.1) is 6.54 Å². The van der Waals surface area contributed by atoms with Gasteiger partial charge in [-0.05, 0) is 32.0 Å². The lowest BCUT2D eigenvalue weighted by Gasteiger charge is -2.22. The number of aromatic nitrogens is 5. The Bertz CT molecular complexity index is 585. The molecule has 7 heteroatoms. The molecule has 0 saturated carbocycles. The first-order valence-corrected chi connectivity index (χ1v) is 8.72. The molecule has 0 aliphatic carbocycles. The van der Waals surface area contributed by atoms with E-state index in [0.717, 1.165) is 55.8 Å².